The van der Waals surface area contributed by atoms with Crippen LogP contribution in [0.15, 0.2) is 24.3 Å². The van der Waals surface area contributed by atoms with Crippen molar-refractivity contribution in [1.29, 1.82) is 0 Å². The molecule has 0 heterocycles. The Hall–Kier alpha value is -3.67. The van der Waals surface area contributed by atoms with Crippen molar-refractivity contribution < 1.29 is 29.1 Å². The van der Waals surface area contributed by atoms with Crippen molar-refractivity contribution in [2.75, 3.05) is 13.1 Å². The molecule has 1 rings (SSSR count). The second-order valence-corrected chi connectivity index (χ2v) is 10.7. The van der Waals surface area contributed by atoms with Crippen molar-refractivity contribution in [2.45, 2.75) is 96.7 Å². The molecule has 1 aromatic rings. The number of unbranched alkanes of at least 4 members (excludes halogenated alkanes) is 3. The van der Waals surface area contributed by atoms with Crippen LogP contribution in [-0.2, 0) is 30.4 Å². The minimum Gasteiger partial charge on any atom is -0.508 e. The maximum Gasteiger partial charge on any atom is 0.243 e. The van der Waals surface area contributed by atoms with E-state index in [2.05, 4.69) is 21.3 Å². The summed E-state index contributed by atoms with van der Waals surface area (Å²) in [6, 6.07) is 3.98. The summed E-state index contributed by atoms with van der Waals surface area (Å²) in [6.07, 6.45) is 4.58. The van der Waals surface area contributed by atoms with Crippen LogP contribution in [0.25, 0.3) is 0 Å². The van der Waals surface area contributed by atoms with Gasteiger partial charge in [-0.2, -0.15) is 0 Å². The summed E-state index contributed by atoms with van der Waals surface area (Å²) in [6.45, 7) is 6.06. The van der Waals surface area contributed by atoms with Gasteiger partial charge in [-0.15, -0.1) is 0 Å². The Kier molecular flexibility index (Phi) is 16.7. The van der Waals surface area contributed by atoms with E-state index in [-0.39, 0.29) is 42.2 Å². The number of rotatable bonds is 20. The largest absolute Gasteiger partial charge is 0.508 e. The van der Waals surface area contributed by atoms with E-state index in [9.17, 15) is 29.1 Å². The van der Waals surface area contributed by atoms with Gasteiger partial charge in [0, 0.05) is 26.3 Å². The lowest BCUT2D eigenvalue weighted by atomic mass is 10.0. The van der Waals surface area contributed by atoms with Gasteiger partial charge in [0.05, 0.1) is 0 Å². The highest BCUT2D eigenvalue weighted by molar-refractivity contribution is 5.92. The van der Waals surface area contributed by atoms with Gasteiger partial charge < -0.3 is 37.8 Å². The highest BCUT2D eigenvalue weighted by Crippen LogP contribution is 2.12. The monoisotopic (exact) mass is 576 g/mol. The summed E-state index contributed by atoms with van der Waals surface area (Å²) in [5.41, 5.74) is 11.6. The lowest BCUT2D eigenvalue weighted by Gasteiger charge is -2.24. The van der Waals surface area contributed by atoms with Crippen LogP contribution >= 0.6 is 0 Å². The Labute approximate surface area is 242 Å². The molecule has 0 saturated heterocycles. The Bertz CT molecular complexity index is 985. The molecule has 12 heteroatoms. The SMILES string of the molecule is CC(=O)N[C@@H](CC(C)C)C(=O)N[C@@H](Cc1ccc(O)cc1)C(=O)NCCCCCC(=O)N[C@@H](CCCCN)C(N)=O. The normalized spacial score (nSPS) is 13.1. The van der Waals surface area contributed by atoms with Crippen LogP contribution in [0.5, 0.6) is 5.75 Å². The van der Waals surface area contributed by atoms with Gasteiger partial charge in [0.2, 0.25) is 29.5 Å². The predicted octanol–water partition coefficient (Wildman–Crippen LogP) is 0.746. The number of hydrogen-bond acceptors (Lipinski definition) is 7. The maximum absolute atomic E-state index is 13.1. The zero-order chi connectivity index (χ0) is 30.8. The molecule has 0 fully saturated rings. The van der Waals surface area contributed by atoms with Crippen LogP contribution in [0.2, 0.25) is 0 Å². The molecular weight excluding hydrogens is 528 g/mol. The third-order valence-electron chi connectivity index (χ3n) is 6.42. The van der Waals surface area contributed by atoms with Crippen LogP contribution in [0.4, 0.5) is 0 Å². The molecule has 0 aliphatic heterocycles. The predicted molar refractivity (Wildman–Crippen MR) is 156 cm³/mol. The van der Waals surface area contributed by atoms with E-state index >= 15 is 0 Å². The summed E-state index contributed by atoms with van der Waals surface area (Å²) >= 11 is 0. The Balaban J connectivity index is 2.64. The van der Waals surface area contributed by atoms with Gasteiger partial charge in [-0.1, -0.05) is 32.4 Å². The molecule has 0 spiro atoms. The first kappa shape index (κ1) is 35.4. The molecule has 9 N–H and O–H groups in total. The maximum atomic E-state index is 13.1. The van der Waals surface area contributed by atoms with E-state index in [4.69, 9.17) is 11.5 Å². The van der Waals surface area contributed by atoms with Crippen molar-refractivity contribution in [1.82, 2.24) is 21.3 Å². The fourth-order valence-corrected chi connectivity index (χ4v) is 4.26. The molecule has 12 nitrogen and oxygen atoms in total. The lowest BCUT2D eigenvalue weighted by molar-refractivity contribution is -0.132. The van der Waals surface area contributed by atoms with Crippen LogP contribution in [-0.4, -0.2) is 65.9 Å². The Morgan fingerprint density at radius 3 is 2.10 bits per heavy atom. The number of carbonyl (C=O) groups is 5. The molecule has 230 valence electrons. The van der Waals surface area contributed by atoms with Crippen LogP contribution in [0.3, 0.4) is 0 Å². The molecule has 0 saturated carbocycles. The molecule has 41 heavy (non-hydrogen) atoms. The third-order valence-corrected chi connectivity index (χ3v) is 6.42. The van der Waals surface area contributed by atoms with Crippen LogP contribution < -0.4 is 32.7 Å². The number of hydrogen-bond donors (Lipinski definition) is 7. The number of amides is 5. The smallest absolute Gasteiger partial charge is 0.243 e. The Morgan fingerprint density at radius 2 is 1.51 bits per heavy atom. The molecule has 0 unspecified atom stereocenters. The summed E-state index contributed by atoms with van der Waals surface area (Å²) < 4.78 is 0. The summed E-state index contributed by atoms with van der Waals surface area (Å²) in [5, 5.41) is 20.5. The molecule has 0 bridgehead atoms. The summed E-state index contributed by atoms with van der Waals surface area (Å²) in [4.78, 5) is 61.5. The molecule has 0 aliphatic rings. The van der Waals surface area contributed by atoms with E-state index in [1.807, 2.05) is 13.8 Å². The minimum absolute atomic E-state index is 0.0897. The zero-order valence-electron chi connectivity index (χ0n) is 24.5. The fraction of sp³-hybridized carbons (Fsp3) is 0.621. The van der Waals surface area contributed by atoms with E-state index in [0.29, 0.717) is 51.6 Å². The minimum atomic E-state index is -0.897. The summed E-state index contributed by atoms with van der Waals surface area (Å²) in [5.74, 6) is -1.75. The zero-order valence-corrected chi connectivity index (χ0v) is 24.5. The number of phenolic OH excluding ortho intramolecular Hbond substituents is 1. The summed E-state index contributed by atoms with van der Waals surface area (Å²) in [7, 11) is 0. The molecule has 5 amide bonds. The van der Waals surface area contributed by atoms with Gasteiger partial charge >= 0.3 is 0 Å². The van der Waals surface area contributed by atoms with Gasteiger partial charge in [0.15, 0.2) is 0 Å². The first-order valence-electron chi connectivity index (χ1n) is 14.3. The van der Waals surface area contributed by atoms with E-state index in [1.54, 1.807) is 12.1 Å². The third kappa shape index (κ3) is 15.6. The number of carbonyl (C=O) groups excluding carboxylic acids is 5. The van der Waals surface area contributed by atoms with Gasteiger partial charge in [0.1, 0.15) is 23.9 Å². The van der Waals surface area contributed by atoms with Crippen molar-refractivity contribution in [3.05, 3.63) is 29.8 Å². The lowest BCUT2D eigenvalue weighted by Crippen LogP contribution is -2.54. The number of nitrogens with two attached hydrogens (primary N) is 2. The second-order valence-electron chi connectivity index (χ2n) is 10.7. The average molecular weight is 577 g/mol. The number of benzene rings is 1. The first-order valence-corrected chi connectivity index (χ1v) is 14.3. The standard InChI is InChI=1S/C29H48N6O6/c1-19(2)17-24(33-20(3)36)29(41)35-25(18-21-11-13-22(37)14-12-21)28(40)32-16-8-4-5-10-26(38)34-23(27(31)39)9-6-7-15-30/h11-14,19,23-25,37H,4-10,15-18,30H2,1-3H3,(H2,31,39)(H,32,40)(H,33,36)(H,34,38)(H,35,41)/t23-,24-,25-/m0/s1. The highest BCUT2D eigenvalue weighted by atomic mass is 16.3. The van der Waals surface area contributed by atoms with E-state index < -0.39 is 29.9 Å². The molecule has 1 aromatic carbocycles. The van der Waals surface area contributed by atoms with Crippen molar-refractivity contribution >= 4 is 29.5 Å². The fourth-order valence-electron chi connectivity index (χ4n) is 4.26. The number of nitrogens with one attached hydrogen (secondary N) is 4. The van der Waals surface area contributed by atoms with Crippen LogP contribution in [0, 0.1) is 5.92 Å². The van der Waals surface area contributed by atoms with Crippen molar-refractivity contribution in [3.63, 3.8) is 0 Å². The number of aromatic hydroxyl groups is 1. The molecular formula is C29H48N6O6. The average Bonchev–Trinajstić information content (AvgIpc) is 2.89. The number of phenols is 1. The van der Waals surface area contributed by atoms with Gasteiger partial charge in [-0.25, -0.2) is 0 Å². The topological polar surface area (TPSA) is 206 Å². The second kappa shape index (κ2) is 19.4. The van der Waals surface area contributed by atoms with Gasteiger partial charge in [-0.05, 0) is 68.7 Å². The van der Waals surface area contributed by atoms with E-state index in [1.165, 1.54) is 19.1 Å². The number of primary amides is 1. The Morgan fingerprint density at radius 1 is 0.829 bits per heavy atom. The van der Waals surface area contributed by atoms with Crippen LogP contribution in [0.1, 0.15) is 77.7 Å². The molecule has 0 radical (unpaired) electrons. The van der Waals surface area contributed by atoms with Gasteiger partial charge in [0.25, 0.3) is 0 Å². The van der Waals surface area contributed by atoms with E-state index in [0.717, 1.165) is 12.0 Å². The molecule has 3 atom stereocenters. The van der Waals surface area contributed by atoms with Gasteiger partial charge in [-0.3, -0.25) is 24.0 Å². The van der Waals surface area contributed by atoms with Crippen molar-refractivity contribution in [2.24, 2.45) is 17.4 Å². The quantitative estimate of drug-likeness (QED) is 0.111. The first-order chi connectivity index (χ1) is 19.4. The molecule has 0 aromatic heterocycles. The highest BCUT2D eigenvalue weighted by Gasteiger charge is 2.27. The molecule has 0 aliphatic carbocycles. The van der Waals surface area contributed by atoms with Crippen molar-refractivity contribution in [3.8, 4) is 5.75 Å².